The van der Waals surface area contributed by atoms with Crippen LogP contribution in [0.1, 0.15) is 27.2 Å². The number of sulfonamides is 1. The first-order valence-electron chi connectivity index (χ1n) is 8.04. The molecule has 1 aliphatic rings. The van der Waals surface area contributed by atoms with Crippen molar-refractivity contribution in [1.29, 1.82) is 0 Å². The SMILES string of the molecule is CS(=O)(=O)N1CCc2c(cncc2C(=O)NCCc2ccccn2)C1. The zero-order chi connectivity index (χ0) is 17.9. The summed E-state index contributed by atoms with van der Waals surface area (Å²) in [5.74, 6) is -0.187. The molecule has 1 amide bonds. The molecule has 7 nitrogen and oxygen atoms in total. The van der Waals surface area contributed by atoms with E-state index in [0.717, 1.165) is 16.8 Å². The van der Waals surface area contributed by atoms with Crippen molar-refractivity contribution in [3.8, 4) is 0 Å². The van der Waals surface area contributed by atoms with Gasteiger partial charge in [0.1, 0.15) is 0 Å². The Kier molecular flexibility index (Phi) is 5.10. The number of carbonyl (C=O) groups is 1. The number of nitrogens with one attached hydrogen (secondary N) is 1. The molecule has 3 heterocycles. The summed E-state index contributed by atoms with van der Waals surface area (Å²) in [6.07, 6.45) is 7.26. The van der Waals surface area contributed by atoms with E-state index in [1.807, 2.05) is 18.2 Å². The van der Waals surface area contributed by atoms with Crippen molar-refractivity contribution in [1.82, 2.24) is 19.6 Å². The minimum Gasteiger partial charge on any atom is -0.352 e. The maximum absolute atomic E-state index is 12.5. The number of amides is 1. The van der Waals surface area contributed by atoms with Crippen molar-refractivity contribution in [2.75, 3.05) is 19.3 Å². The number of pyridine rings is 2. The van der Waals surface area contributed by atoms with Gasteiger partial charge in [0.2, 0.25) is 10.0 Å². The number of hydrogen-bond donors (Lipinski definition) is 1. The fraction of sp³-hybridized carbons (Fsp3) is 0.353. The Morgan fingerprint density at radius 1 is 1.32 bits per heavy atom. The third kappa shape index (κ3) is 4.21. The first-order valence-corrected chi connectivity index (χ1v) is 9.89. The van der Waals surface area contributed by atoms with E-state index in [1.165, 1.54) is 10.6 Å². The lowest BCUT2D eigenvalue weighted by Gasteiger charge is -2.27. The van der Waals surface area contributed by atoms with Gasteiger partial charge in [0.25, 0.3) is 5.91 Å². The van der Waals surface area contributed by atoms with Crippen LogP contribution in [0.3, 0.4) is 0 Å². The van der Waals surface area contributed by atoms with Gasteiger partial charge < -0.3 is 5.32 Å². The molecule has 0 spiro atoms. The van der Waals surface area contributed by atoms with Crippen LogP contribution in [0.2, 0.25) is 0 Å². The molecule has 0 aromatic carbocycles. The van der Waals surface area contributed by atoms with Crippen LogP contribution in [0.4, 0.5) is 0 Å². The average Bonchev–Trinajstić information content (AvgIpc) is 2.60. The van der Waals surface area contributed by atoms with Crippen molar-refractivity contribution in [2.24, 2.45) is 0 Å². The van der Waals surface area contributed by atoms with Crippen LogP contribution in [0, 0.1) is 0 Å². The number of fused-ring (bicyclic) bond motifs is 1. The molecule has 0 aliphatic carbocycles. The van der Waals surface area contributed by atoms with Crippen molar-refractivity contribution >= 4 is 15.9 Å². The summed E-state index contributed by atoms with van der Waals surface area (Å²) in [4.78, 5) is 20.8. The van der Waals surface area contributed by atoms with E-state index >= 15 is 0 Å². The summed E-state index contributed by atoms with van der Waals surface area (Å²) >= 11 is 0. The normalized spacial score (nSPS) is 14.8. The molecular formula is C17H20N4O3S. The predicted octanol–water partition coefficient (Wildman–Crippen LogP) is 0.767. The number of carbonyl (C=O) groups excluding carboxylic acids is 1. The molecule has 8 heteroatoms. The van der Waals surface area contributed by atoms with Gasteiger partial charge in [0.15, 0.2) is 0 Å². The summed E-state index contributed by atoms with van der Waals surface area (Å²) in [5, 5.41) is 2.89. The smallest absolute Gasteiger partial charge is 0.253 e. The molecule has 0 saturated heterocycles. The molecule has 132 valence electrons. The minimum atomic E-state index is -3.25. The molecule has 1 N–H and O–H groups in total. The molecule has 0 saturated carbocycles. The van der Waals surface area contributed by atoms with Gasteiger partial charge in [-0.3, -0.25) is 14.8 Å². The zero-order valence-corrected chi connectivity index (χ0v) is 14.8. The second-order valence-corrected chi connectivity index (χ2v) is 7.98. The number of rotatable bonds is 5. The largest absolute Gasteiger partial charge is 0.352 e. The summed E-state index contributed by atoms with van der Waals surface area (Å²) in [5.41, 5.74) is 3.10. The maximum atomic E-state index is 12.5. The quantitative estimate of drug-likeness (QED) is 0.850. The molecule has 25 heavy (non-hydrogen) atoms. The Morgan fingerprint density at radius 3 is 2.88 bits per heavy atom. The third-order valence-corrected chi connectivity index (χ3v) is 5.46. The summed E-state index contributed by atoms with van der Waals surface area (Å²) in [6, 6.07) is 5.68. The van der Waals surface area contributed by atoms with E-state index in [9.17, 15) is 13.2 Å². The highest BCUT2D eigenvalue weighted by Crippen LogP contribution is 2.23. The van der Waals surface area contributed by atoms with Crippen LogP contribution in [0.5, 0.6) is 0 Å². The highest BCUT2D eigenvalue weighted by atomic mass is 32.2. The van der Waals surface area contributed by atoms with Crippen LogP contribution in [0.15, 0.2) is 36.8 Å². The van der Waals surface area contributed by atoms with E-state index < -0.39 is 10.0 Å². The molecule has 0 unspecified atom stereocenters. The third-order valence-electron chi connectivity index (χ3n) is 4.21. The number of aromatic nitrogens is 2. The van der Waals surface area contributed by atoms with Crippen molar-refractivity contribution in [3.63, 3.8) is 0 Å². The summed E-state index contributed by atoms with van der Waals surface area (Å²) < 4.78 is 24.8. The topological polar surface area (TPSA) is 92.3 Å². The fourth-order valence-electron chi connectivity index (χ4n) is 2.89. The van der Waals surface area contributed by atoms with Gasteiger partial charge in [-0.2, -0.15) is 4.31 Å². The van der Waals surface area contributed by atoms with Crippen molar-refractivity contribution in [3.05, 3.63) is 59.2 Å². The Morgan fingerprint density at radius 2 is 2.16 bits per heavy atom. The molecule has 2 aromatic heterocycles. The summed E-state index contributed by atoms with van der Waals surface area (Å²) in [6.45, 7) is 1.12. The summed E-state index contributed by atoms with van der Waals surface area (Å²) in [7, 11) is -3.25. The Balaban J connectivity index is 1.68. The number of hydrogen-bond acceptors (Lipinski definition) is 5. The fourth-order valence-corrected chi connectivity index (χ4v) is 3.69. The number of nitrogens with zero attached hydrogens (tertiary/aromatic N) is 3. The predicted molar refractivity (Wildman–Crippen MR) is 93.5 cm³/mol. The first-order chi connectivity index (χ1) is 11.9. The first kappa shape index (κ1) is 17.5. The molecule has 1 aliphatic heterocycles. The Hall–Kier alpha value is -2.32. The van der Waals surface area contributed by atoms with E-state index in [1.54, 1.807) is 18.6 Å². The lowest BCUT2D eigenvalue weighted by Crippen LogP contribution is -2.37. The molecule has 0 bridgehead atoms. The Labute approximate surface area is 147 Å². The molecular weight excluding hydrogens is 340 g/mol. The van der Waals surface area contributed by atoms with Gasteiger partial charge in [-0.1, -0.05) is 6.07 Å². The molecule has 3 rings (SSSR count). The monoisotopic (exact) mass is 360 g/mol. The minimum absolute atomic E-state index is 0.187. The molecule has 0 radical (unpaired) electrons. The zero-order valence-electron chi connectivity index (χ0n) is 14.0. The lowest BCUT2D eigenvalue weighted by molar-refractivity contribution is 0.0952. The van der Waals surface area contributed by atoms with Gasteiger partial charge in [0, 0.05) is 50.3 Å². The standard InChI is InChI=1S/C17H20N4O3S/c1-25(23,24)21-9-6-15-13(12-21)10-18-11-16(15)17(22)20-8-5-14-4-2-3-7-19-14/h2-4,7,10-11H,5-6,8-9,12H2,1H3,(H,20,22). The highest BCUT2D eigenvalue weighted by Gasteiger charge is 2.26. The van der Waals surface area contributed by atoms with Crippen molar-refractivity contribution in [2.45, 2.75) is 19.4 Å². The van der Waals surface area contributed by atoms with Gasteiger partial charge in [-0.15, -0.1) is 0 Å². The second-order valence-electron chi connectivity index (χ2n) is 6.00. The molecule has 0 atom stereocenters. The van der Waals surface area contributed by atoms with E-state index in [4.69, 9.17) is 0 Å². The van der Waals surface area contributed by atoms with Crippen LogP contribution in [-0.4, -0.2) is 47.9 Å². The van der Waals surface area contributed by atoms with Gasteiger partial charge in [-0.05, 0) is 29.7 Å². The van der Waals surface area contributed by atoms with Crippen LogP contribution >= 0.6 is 0 Å². The molecule has 2 aromatic rings. The van der Waals surface area contributed by atoms with E-state index in [2.05, 4.69) is 15.3 Å². The van der Waals surface area contributed by atoms with Crippen LogP contribution < -0.4 is 5.32 Å². The van der Waals surface area contributed by atoms with Crippen molar-refractivity contribution < 1.29 is 13.2 Å². The average molecular weight is 360 g/mol. The van der Waals surface area contributed by atoms with Crippen LogP contribution in [0.25, 0.3) is 0 Å². The van der Waals surface area contributed by atoms with Gasteiger partial charge >= 0.3 is 0 Å². The van der Waals surface area contributed by atoms with Gasteiger partial charge in [0.05, 0.1) is 11.8 Å². The van der Waals surface area contributed by atoms with E-state index in [-0.39, 0.29) is 12.5 Å². The second kappa shape index (κ2) is 7.28. The molecule has 0 fully saturated rings. The maximum Gasteiger partial charge on any atom is 0.253 e. The van der Waals surface area contributed by atoms with Gasteiger partial charge in [-0.25, -0.2) is 8.42 Å². The lowest BCUT2D eigenvalue weighted by atomic mass is 9.98. The van der Waals surface area contributed by atoms with E-state index in [0.29, 0.717) is 31.5 Å². The Bertz CT molecular complexity index is 869. The highest BCUT2D eigenvalue weighted by molar-refractivity contribution is 7.88. The van der Waals surface area contributed by atoms with Crippen LogP contribution in [-0.2, 0) is 29.4 Å².